The van der Waals surface area contributed by atoms with E-state index in [2.05, 4.69) is 25.1 Å². The highest BCUT2D eigenvalue weighted by atomic mass is 16.6. The van der Waals surface area contributed by atoms with Crippen LogP contribution in [0.25, 0.3) is 22.3 Å². The zero-order valence-electron chi connectivity index (χ0n) is 59.8. The predicted molar refractivity (Wildman–Crippen MR) is 395 cm³/mol. The van der Waals surface area contributed by atoms with Crippen LogP contribution in [0.1, 0.15) is 239 Å². The van der Waals surface area contributed by atoms with Gasteiger partial charge < -0.3 is 38.3 Å². The smallest absolute Gasteiger partial charge is 0.339 e. The molecule has 536 valence electrons. The Kier molecular flexibility index (Phi) is 32.9. The summed E-state index contributed by atoms with van der Waals surface area (Å²) >= 11 is 0. The molecule has 3 aliphatic carbocycles. The largest absolute Gasteiger partial charge is 0.508 e. The Hall–Kier alpha value is -8.52. The maximum absolute atomic E-state index is 12.9. The first-order valence-corrected chi connectivity index (χ1v) is 37.4. The maximum Gasteiger partial charge on any atom is 0.339 e. The number of nitrogens with zero attached hydrogens (tertiary/aromatic N) is 1. The minimum Gasteiger partial charge on any atom is -0.508 e. The SMILES string of the molecule is C=C(C)C(=O)Oc1ccc(-c2ccc(OCCCCCCCCOC(=O)c3cncc(C(=O)OCCCCCCCCOc4ccc(-c5ccc(OC(=O)C(=C)C)cc5)cc4)c3)cc2)cc1.CCCCCCC1CCC(C2CCC(C(=O)OC3CCC(c4ccc(O)cc4)CC3)CC2)CC1. The number of unbranched alkanes of at least 4 members (excludes halogenated alkanes) is 13. The normalized spacial score (nSPS) is 18.0. The zero-order chi connectivity index (χ0) is 70.7. The number of aromatic hydroxyl groups is 1. The summed E-state index contributed by atoms with van der Waals surface area (Å²) in [6.45, 7) is 14.6. The lowest BCUT2D eigenvalue weighted by atomic mass is 9.68. The number of pyridine rings is 1. The van der Waals surface area contributed by atoms with Crippen LogP contribution in [0, 0.1) is 23.7 Å². The zero-order valence-corrected chi connectivity index (χ0v) is 59.8. The lowest BCUT2D eigenvalue weighted by molar-refractivity contribution is -0.157. The summed E-state index contributed by atoms with van der Waals surface area (Å²) in [5.74, 6) is 4.53. The Bertz CT molecular complexity index is 3280. The van der Waals surface area contributed by atoms with E-state index < -0.39 is 23.9 Å². The Balaban J connectivity index is 0.000000311. The van der Waals surface area contributed by atoms with E-state index in [-0.39, 0.29) is 29.1 Å². The number of hydrogen-bond donors (Lipinski definition) is 1. The van der Waals surface area contributed by atoms with Gasteiger partial charge in [-0.1, -0.05) is 177 Å². The number of rotatable bonds is 37. The number of benzene rings is 5. The van der Waals surface area contributed by atoms with Crippen LogP contribution in [0.3, 0.4) is 0 Å². The molecule has 3 saturated carbocycles. The van der Waals surface area contributed by atoms with Crippen LogP contribution in [-0.2, 0) is 28.6 Å². The monoisotopic (exact) mass is 1360 g/mol. The standard InChI is InChI=1S/C55H61NO10.C31H48O3/c1-40(2)52(57)65-50-29-21-44(22-30-50)42-17-25-48(26-18-42)61-33-13-9-5-7-11-15-35-63-54(59)46-37-47(39-56-38-46)55(60)64-36-16-12-8-6-10-14-34-62-49-27-19-43(20-28-49)45-23-31-51(32-24-45)66-53(58)41(3)4;1-2-3-4-5-6-23-7-9-24(10-8-23)25-11-13-28(14-12-25)31(33)34-30-21-17-27(18-22-30)26-15-19-29(32)20-16-26/h17-32,37-39H,1,3,5-16,33-36H2,2,4H3;15-16,19-20,23-25,27-28,30,32H,2-14,17-18,21-22H2,1H3. The summed E-state index contributed by atoms with van der Waals surface area (Å²) in [5.41, 5.74) is 6.55. The van der Waals surface area contributed by atoms with E-state index in [1.54, 1.807) is 50.2 Å². The highest BCUT2D eigenvalue weighted by Gasteiger charge is 2.35. The second-order valence-corrected chi connectivity index (χ2v) is 27.9. The maximum atomic E-state index is 12.9. The topological polar surface area (TPSA) is 183 Å². The molecule has 100 heavy (non-hydrogen) atoms. The summed E-state index contributed by atoms with van der Waals surface area (Å²) in [5, 5.41) is 9.51. The average Bonchev–Trinajstić information content (AvgIpc) is 0.866. The van der Waals surface area contributed by atoms with Gasteiger partial charge in [0, 0.05) is 23.5 Å². The van der Waals surface area contributed by atoms with Gasteiger partial charge in [-0.3, -0.25) is 9.78 Å². The molecule has 0 aliphatic heterocycles. The molecule has 0 atom stereocenters. The molecular formula is C86H109NO13. The minimum atomic E-state index is -0.505. The third kappa shape index (κ3) is 26.9. The van der Waals surface area contributed by atoms with Crippen molar-refractivity contribution in [2.24, 2.45) is 23.7 Å². The van der Waals surface area contributed by atoms with Gasteiger partial charge in [-0.2, -0.15) is 0 Å². The van der Waals surface area contributed by atoms with Gasteiger partial charge in [-0.05, 0) is 222 Å². The van der Waals surface area contributed by atoms with Gasteiger partial charge in [-0.25, -0.2) is 19.2 Å². The first-order chi connectivity index (χ1) is 48.7. The van der Waals surface area contributed by atoms with E-state index in [0.29, 0.717) is 60.7 Å². The number of ether oxygens (including phenoxy) is 7. The molecule has 14 heteroatoms. The third-order valence-corrected chi connectivity index (χ3v) is 19.9. The fraction of sp³-hybridized carbons (Fsp3) is 0.488. The predicted octanol–water partition coefficient (Wildman–Crippen LogP) is 21.1. The van der Waals surface area contributed by atoms with Crippen molar-refractivity contribution < 1.29 is 62.2 Å². The van der Waals surface area contributed by atoms with Crippen LogP contribution >= 0.6 is 0 Å². The van der Waals surface area contributed by atoms with E-state index in [9.17, 15) is 29.1 Å². The first kappa shape index (κ1) is 77.2. The molecule has 0 unspecified atom stereocenters. The van der Waals surface area contributed by atoms with Crippen LogP contribution in [0.5, 0.6) is 28.7 Å². The van der Waals surface area contributed by atoms with Crippen molar-refractivity contribution in [1.82, 2.24) is 4.98 Å². The summed E-state index contributed by atoms with van der Waals surface area (Å²) in [4.78, 5) is 65.7. The van der Waals surface area contributed by atoms with Gasteiger partial charge in [-0.15, -0.1) is 0 Å². The molecule has 1 heterocycles. The molecule has 0 amide bonds. The number of phenolic OH excluding ortho intramolecular Hbond substituents is 1. The highest BCUT2D eigenvalue weighted by Crippen LogP contribution is 2.43. The van der Waals surface area contributed by atoms with Crippen LogP contribution in [0.4, 0.5) is 0 Å². The lowest BCUT2D eigenvalue weighted by Crippen LogP contribution is -2.32. The van der Waals surface area contributed by atoms with Crippen molar-refractivity contribution in [2.45, 2.75) is 219 Å². The molecule has 0 bridgehead atoms. The van der Waals surface area contributed by atoms with Gasteiger partial charge in [0.05, 0.1) is 43.5 Å². The van der Waals surface area contributed by atoms with Crippen molar-refractivity contribution in [2.75, 3.05) is 26.4 Å². The molecule has 9 rings (SSSR count). The van der Waals surface area contributed by atoms with Crippen LogP contribution < -0.4 is 18.9 Å². The average molecular weight is 1360 g/mol. The van der Waals surface area contributed by atoms with Gasteiger partial charge >= 0.3 is 29.8 Å². The third-order valence-electron chi connectivity index (χ3n) is 19.9. The van der Waals surface area contributed by atoms with Gasteiger partial charge in [0.15, 0.2) is 0 Å². The number of phenols is 1. The molecular weight excluding hydrogens is 1250 g/mol. The Morgan fingerprint density at radius 1 is 0.440 bits per heavy atom. The molecule has 1 aromatic heterocycles. The molecule has 14 nitrogen and oxygen atoms in total. The molecule has 0 radical (unpaired) electrons. The summed E-state index contributed by atoms with van der Waals surface area (Å²) in [7, 11) is 0. The van der Waals surface area contributed by atoms with Crippen molar-refractivity contribution in [3.8, 4) is 51.0 Å². The van der Waals surface area contributed by atoms with Gasteiger partial charge in [0.25, 0.3) is 0 Å². The number of esters is 5. The number of carbonyl (C=O) groups is 5. The van der Waals surface area contributed by atoms with Gasteiger partial charge in [0.1, 0.15) is 34.9 Å². The molecule has 1 N–H and O–H groups in total. The van der Waals surface area contributed by atoms with Crippen molar-refractivity contribution in [3.63, 3.8) is 0 Å². The molecule has 0 spiro atoms. The number of carbonyl (C=O) groups excluding carboxylic acids is 5. The highest BCUT2D eigenvalue weighted by molar-refractivity contribution is 5.95. The summed E-state index contributed by atoms with van der Waals surface area (Å²) in [6.07, 6.45) is 35.9. The summed E-state index contributed by atoms with van der Waals surface area (Å²) in [6, 6.07) is 39.6. The van der Waals surface area contributed by atoms with Crippen molar-refractivity contribution in [3.05, 3.63) is 181 Å². The molecule has 3 aliphatic rings. The fourth-order valence-electron chi connectivity index (χ4n) is 13.8. The van der Waals surface area contributed by atoms with E-state index in [1.165, 1.54) is 94.7 Å². The second-order valence-electron chi connectivity index (χ2n) is 27.9. The Labute approximate surface area is 595 Å². The quantitative estimate of drug-likeness (QED) is 0.0128. The Morgan fingerprint density at radius 2 is 0.830 bits per heavy atom. The Morgan fingerprint density at radius 3 is 1.25 bits per heavy atom. The van der Waals surface area contributed by atoms with Gasteiger partial charge in [0.2, 0.25) is 0 Å². The number of aromatic nitrogens is 1. The van der Waals surface area contributed by atoms with Crippen LogP contribution in [0.2, 0.25) is 0 Å². The fourth-order valence-corrected chi connectivity index (χ4v) is 13.8. The molecule has 5 aromatic carbocycles. The van der Waals surface area contributed by atoms with Crippen LogP contribution in [0.15, 0.2) is 164 Å². The number of hydrogen-bond acceptors (Lipinski definition) is 14. The van der Waals surface area contributed by atoms with Crippen molar-refractivity contribution >= 4 is 29.8 Å². The minimum absolute atomic E-state index is 0.0855. The van der Waals surface area contributed by atoms with Crippen molar-refractivity contribution in [1.29, 1.82) is 0 Å². The second kappa shape index (κ2) is 42.6. The van der Waals surface area contributed by atoms with E-state index in [1.807, 2.05) is 84.9 Å². The van der Waals surface area contributed by atoms with E-state index in [4.69, 9.17) is 33.2 Å². The molecule has 6 aromatic rings. The lowest BCUT2D eigenvalue weighted by Gasteiger charge is -2.38. The van der Waals surface area contributed by atoms with E-state index in [0.717, 1.165) is 167 Å². The van der Waals surface area contributed by atoms with Crippen LogP contribution in [-0.4, -0.2) is 72.5 Å². The summed E-state index contributed by atoms with van der Waals surface area (Å²) < 4.78 is 39.3. The van der Waals surface area contributed by atoms with E-state index >= 15 is 0 Å². The molecule has 0 saturated heterocycles. The first-order valence-electron chi connectivity index (χ1n) is 37.4. The molecule has 3 fully saturated rings.